The molecule has 2 N–H and O–H groups in total. The minimum absolute atomic E-state index is 0.427. The monoisotopic (exact) mass is 293 g/mol. The fraction of sp³-hybridized carbons (Fsp3) is 0.231. The SMILES string of the molecule is Cc1nc(CN)sc1-c1nc2cc(Cl)cc(C)c2o1. The number of oxazole rings is 1. The fourth-order valence-corrected chi connectivity index (χ4v) is 3.13. The first kappa shape index (κ1) is 12.6. The van der Waals surface area contributed by atoms with Gasteiger partial charge in [-0.3, -0.25) is 0 Å². The number of rotatable bonds is 2. The smallest absolute Gasteiger partial charge is 0.239 e. The molecule has 0 saturated heterocycles. The number of hydrogen-bond donors (Lipinski definition) is 1. The van der Waals surface area contributed by atoms with Gasteiger partial charge < -0.3 is 10.2 Å². The first-order chi connectivity index (χ1) is 9.08. The summed E-state index contributed by atoms with van der Waals surface area (Å²) in [7, 11) is 0. The zero-order valence-electron chi connectivity index (χ0n) is 10.5. The van der Waals surface area contributed by atoms with E-state index in [1.54, 1.807) is 6.07 Å². The van der Waals surface area contributed by atoms with Crippen molar-refractivity contribution < 1.29 is 4.42 Å². The quantitative estimate of drug-likeness (QED) is 0.783. The molecule has 0 bridgehead atoms. The maximum absolute atomic E-state index is 6.03. The summed E-state index contributed by atoms with van der Waals surface area (Å²) in [4.78, 5) is 9.80. The maximum atomic E-state index is 6.03. The Morgan fingerprint density at radius 1 is 1.32 bits per heavy atom. The maximum Gasteiger partial charge on any atom is 0.239 e. The molecule has 0 amide bonds. The highest BCUT2D eigenvalue weighted by Gasteiger charge is 2.16. The van der Waals surface area contributed by atoms with E-state index >= 15 is 0 Å². The molecule has 0 saturated carbocycles. The average molecular weight is 294 g/mol. The number of halogens is 1. The van der Waals surface area contributed by atoms with Crippen LogP contribution < -0.4 is 5.73 Å². The highest BCUT2D eigenvalue weighted by Crippen LogP contribution is 2.33. The van der Waals surface area contributed by atoms with Crippen molar-refractivity contribution in [1.82, 2.24) is 9.97 Å². The van der Waals surface area contributed by atoms with Gasteiger partial charge in [0, 0.05) is 11.6 Å². The molecule has 2 heterocycles. The lowest BCUT2D eigenvalue weighted by atomic mass is 10.2. The van der Waals surface area contributed by atoms with Crippen molar-refractivity contribution in [2.75, 3.05) is 0 Å². The third kappa shape index (κ3) is 2.14. The third-order valence-electron chi connectivity index (χ3n) is 2.85. The van der Waals surface area contributed by atoms with Gasteiger partial charge in [0.25, 0.3) is 0 Å². The first-order valence-electron chi connectivity index (χ1n) is 5.82. The van der Waals surface area contributed by atoms with Gasteiger partial charge in [-0.05, 0) is 31.5 Å². The third-order valence-corrected chi connectivity index (χ3v) is 4.24. The summed E-state index contributed by atoms with van der Waals surface area (Å²) in [6.07, 6.45) is 0. The Morgan fingerprint density at radius 2 is 2.11 bits per heavy atom. The summed E-state index contributed by atoms with van der Waals surface area (Å²) < 4.78 is 5.84. The molecule has 2 aromatic heterocycles. The lowest BCUT2D eigenvalue weighted by Crippen LogP contribution is -1.94. The molecule has 6 heteroatoms. The normalized spacial score (nSPS) is 11.4. The van der Waals surface area contributed by atoms with Gasteiger partial charge in [0.15, 0.2) is 5.58 Å². The van der Waals surface area contributed by atoms with Crippen molar-refractivity contribution in [3.63, 3.8) is 0 Å². The molecule has 0 spiro atoms. The van der Waals surface area contributed by atoms with Crippen LogP contribution in [0.1, 0.15) is 16.3 Å². The molecule has 3 aromatic rings. The molecule has 4 nitrogen and oxygen atoms in total. The molecule has 0 aliphatic rings. The van der Waals surface area contributed by atoms with Crippen molar-refractivity contribution in [2.45, 2.75) is 20.4 Å². The Balaban J connectivity index is 2.20. The molecule has 0 unspecified atom stereocenters. The van der Waals surface area contributed by atoms with Crippen LogP contribution in [0.25, 0.3) is 21.9 Å². The van der Waals surface area contributed by atoms with Crippen LogP contribution in [-0.4, -0.2) is 9.97 Å². The van der Waals surface area contributed by atoms with E-state index in [9.17, 15) is 0 Å². The molecular weight excluding hydrogens is 282 g/mol. The topological polar surface area (TPSA) is 64.9 Å². The minimum atomic E-state index is 0.427. The van der Waals surface area contributed by atoms with E-state index in [1.165, 1.54) is 11.3 Å². The van der Waals surface area contributed by atoms with E-state index in [0.717, 1.165) is 32.2 Å². The zero-order chi connectivity index (χ0) is 13.6. The zero-order valence-corrected chi connectivity index (χ0v) is 12.1. The number of fused-ring (bicyclic) bond motifs is 1. The summed E-state index contributed by atoms with van der Waals surface area (Å²) >= 11 is 7.54. The number of aromatic nitrogens is 2. The van der Waals surface area contributed by atoms with Gasteiger partial charge in [0.05, 0.1) is 5.69 Å². The van der Waals surface area contributed by atoms with Crippen LogP contribution in [0.2, 0.25) is 5.02 Å². The Labute approximate surface area is 119 Å². The standard InChI is InChI=1S/C13H12ClN3OS/c1-6-3-8(14)4-9-11(6)18-13(17-9)12-7(2)16-10(5-15)19-12/h3-4H,5,15H2,1-2H3. The summed E-state index contributed by atoms with van der Waals surface area (Å²) in [6, 6.07) is 3.67. The van der Waals surface area contributed by atoms with Gasteiger partial charge in [0.2, 0.25) is 5.89 Å². The van der Waals surface area contributed by atoms with Crippen LogP contribution in [0.4, 0.5) is 0 Å². The van der Waals surface area contributed by atoms with E-state index in [1.807, 2.05) is 19.9 Å². The summed E-state index contributed by atoms with van der Waals surface area (Å²) in [5, 5.41) is 1.54. The second kappa shape index (κ2) is 4.59. The predicted molar refractivity (Wildman–Crippen MR) is 77.5 cm³/mol. The molecule has 0 atom stereocenters. The van der Waals surface area contributed by atoms with Gasteiger partial charge in [-0.25, -0.2) is 9.97 Å². The first-order valence-corrected chi connectivity index (χ1v) is 7.01. The highest BCUT2D eigenvalue weighted by molar-refractivity contribution is 7.15. The van der Waals surface area contributed by atoms with Crippen LogP contribution in [-0.2, 0) is 6.54 Å². The summed E-state index contributed by atoms with van der Waals surface area (Å²) in [5.74, 6) is 0.579. The largest absolute Gasteiger partial charge is 0.435 e. The van der Waals surface area contributed by atoms with Gasteiger partial charge >= 0.3 is 0 Å². The van der Waals surface area contributed by atoms with Gasteiger partial charge in [-0.2, -0.15) is 0 Å². The number of aryl methyl sites for hydroxylation is 2. The highest BCUT2D eigenvalue weighted by atomic mass is 35.5. The van der Waals surface area contributed by atoms with E-state index in [-0.39, 0.29) is 0 Å². The van der Waals surface area contributed by atoms with Crippen LogP contribution in [0.15, 0.2) is 16.5 Å². The van der Waals surface area contributed by atoms with Crippen LogP contribution >= 0.6 is 22.9 Å². The molecule has 98 valence electrons. The molecule has 0 aliphatic heterocycles. The minimum Gasteiger partial charge on any atom is -0.435 e. The summed E-state index contributed by atoms with van der Waals surface area (Å²) in [5.41, 5.74) is 9.00. The number of nitrogens with two attached hydrogens (primary N) is 1. The molecule has 0 fully saturated rings. The van der Waals surface area contributed by atoms with Gasteiger partial charge in [0.1, 0.15) is 15.4 Å². The van der Waals surface area contributed by atoms with Crippen LogP contribution in [0.3, 0.4) is 0 Å². The lowest BCUT2D eigenvalue weighted by molar-refractivity contribution is 0.618. The molecule has 3 rings (SSSR count). The van der Waals surface area contributed by atoms with E-state index in [4.69, 9.17) is 21.8 Å². The van der Waals surface area contributed by atoms with Gasteiger partial charge in [-0.15, -0.1) is 11.3 Å². The number of hydrogen-bond acceptors (Lipinski definition) is 5. The molecular formula is C13H12ClN3OS. The molecule has 0 radical (unpaired) electrons. The van der Waals surface area contributed by atoms with E-state index in [0.29, 0.717) is 17.5 Å². The van der Waals surface area contributed by atoms with Crippen molar-refractivity contribution in [1.29, 1.82) is 0 Å². The second-order valence-electron chi connectivity index (χ2n) is 4.32. The van der Waals surface area contributed by atoms with Crippen LogP contribution in [0, 0.1) is 13.8 Å². The Kier molecular flexibility index (Phi) is 3.05. The average Bonchev–Trinajstić information content (AvgIpc) is 2.92. The summed E-state index contributed by atoms with van der Waals surface area (Å²) in [6.45, 7) is 4.31. The van der Waals surface area contributed by atoms with Crippen molar-refractivity contribution in [3.8, 4) is 10.8 Å². The van der Waals surface area contributed by atoms with Gasteiger partial charge in [-0.1, -0.05) is 11.6 Å². The molecule has 1 aromatic carbocycles. The fourth-order valence-electron chi connectivity index (χ4n) is 1.99. The number of thiazole rings is 1. The predicted octanol–water partition coefficient (Wildman–Crippen LogP) is 3.68. The second-order valence-corrected chi connectivity index (χ2v) is 5.84. The Bertz CT molecular complexity index is 763. The van der Waals surface area contributed by atoms with Crippen molar-refractivity contribution in [3.05, 3.63) is 33.4 Å². The number of benzene rings is 1. The molecule has 0 aliphatic carbocycles. The van der Waals surface area contributed by atoms with Crippen molar-refractivity contribution >= 4 is 34.0 Å². The van der Waals surface area contributed by atoms with E-state index in [2.05, 4.69) is 9.97 Å². The lowest BCUT2D eigenvalue weighted by Gasteiger charge is -1.93. The molecule has 19 heavy (non-hydrogen) atoms. The Morgan fingerprint density at radius 3 is 2.79 bits per heavy atom. The van der Waals surface area contributed by atoms with Crippen molar-refractivity contribution in [2.24, 2.45) is 5.73 Å². The number of nitrogens with zero attached hydrogens (tertiary/aromatic N) is 2. The van der Waals surface area contributed by atoms with Crippen LogP contribution in [0.5, 0.6) is 0 Å². The Hall–Kier alpha value is -1.43. The van der Waals surface area contributed by atoms with E-state index < -0.39 is 0 Å².